The van der Waals surface area contributed by atoms with Gasteiger partial charge in [-0.2, -0.15) is 0 Å². The topological polar surface area (TPSA) is 53.6 Å². The van der Waals surface area contributed by atoms with Crippen molar-refractivity contribution in [3.63, 3.8) is 0 Å². The number of urea groups is 1. The van der Waals surface area contributed by atoms with Crippen molar-refractivity contribution in [3.8, 4) is 0 Å². The Hall–Kier alpha value is -0.810. The highest BCUT2D eigenvalue weighted by Gasteiger charge is 2.25. The van der Waals surface area contributed by atoms with Crippen molar-refractivity contribution in [2.24, 2.45) is 5.92 Å². The van der Waals surface area contributed by atoms with E-state index in [4.69, 9.17) is 4.74 Å². The molecule has 2 amide bonds. The van der Waals surface area contributed by atoms with Gasteiger partial charge in [0.25, 0.3) is 0 Å². The predicted molar refractivity (Wildman–Crippen MR) is 77.7 cm³/mol. The number of nitrogens with zero attached hydrogens (tertiary/aromatic N) is 1. The number of nitrogens with one attached hydrogen (secondary N) is 2. The van der Waals surface area contributed by atoms with Gasteiger partial charge in [-0.3, -0.25) is 0 Å². The molecule has 0 spiro atoms. The number of ether oxygens (including phenoxy) is 1. The van der Waals surface area contributed by atoms with Crippen molar-refractivity contribution in [1.82, 2.24) is 15.5 Å². The molecule has 0 aromatic carbocycles. The van der Waals surface area contributed by atoms with E-state index in [-0.39, 0.29) is 6.03 Å². The molecule has 114 valence electrons. The Morgan fingerprint density at radius 2 is 1.75 bits per heavy atom. The standard InChI is InChI=1S/C15H27N3O2/c19-15(16-13-2-1-3-13)17-14-4-7-18(8-5-14)10-12-6-9-20-11-12/h12-14H,1-11H2,(H2,16,17,19)/t12-/m0/s1. The fourth-order valence-electron chi connectivity index (χ4n) is 3.32. The second-order valence-electron chi connectivity index (χ2n) is 6.55. The van der Waals surface area contributed by atoms with Crippen LogP contribution in [-0.4, -0.2) is 55.9 Å². The molecule has 3 rings (SSSR count). The molecule has 5 nitrogen and oxygen atoms in total. The van der Waals surface area contributed by atoms with Crippen LogP contribution >= 0.6 is 0 Å². The van der Waals surface area contributed by atoms with Crippen LogP contribution in [0.2, 0.25) is 0 Å². The predicted octanol–water partition coefficient (Wildman–Crippen LogP) is 1.34. The molecule has 20 heavy (non-hydrogen) atoms. The first-order chi connectivity index (χ1) is 9.79. The lowest BCUT2D eigenvalue weighted by Crippen LogP contribution is -2.51. The molecule has 3 aliphatic rings. The second-order valence-corrected chi connectivity index (χ2v) is 6.55. The first-order valence-corrected chi connectivity index (χ1v) is 8.17. The molecule has 5 heteroatoms. The molecule has 1 saturated carbocycles. The van der Waals surface area contributed by atoms with Crippen LogP contribution < -0.4 is 10.6 Å². The van der Waals surface area contributed by atoms with Crippen molar-refractivity contribution in [1.29, 1.82) is 0 Å². The van der Waals surface area contributed by atoms with Crippen LogP contribution in [0.5, 0.6) is 0 Å². The Balaban J connectivity index is 1.32. The first-order valence-electron chi connectivity index (χ1n) is 8.17. The van der Waals surface area contributed by atoms with E-state index in [0.717, 1.165) is 57.9 Å². The number of hydrogen-bond acceptors (Lipinski definition) is 3. The van der Waals surface area contributed by atoms with Crippen molar-refractivity contribution in [2.75, 3.05) is 32.8 Å². The van der Waals surface area contributed by atoms with Crippen LogP contribution in [0.3, 0.4) is 0 Å². The van der Waals surface area contributed by atoms with Gasteiger partial charge in [0, 0.05) is 38.3 Å². The quantitative estimate of drug-likeness (QED) is 0.817. The van der Waals surface area contributed by atoms with Crippen molar-refractivity contribution < 1.29 is 9.53 Å². The summed E-state index contributed by atoms with van der Waals surface area (Å²) >= 11 is 0. The van der Waals surface area contributed by atoms with Gasteiger partial charge in [-0.15, -0.1) is 0 Å². The summed E-state index contributed by atoms with van der Waals surface area (Å²) in [5.74, 6) is 0.724. The minimum absolute atomic E-state index is 0.0392. The van der Waals surface area contributed by atoms with E-state index in [1.54, 1.807) is 0 Å². The first kappa shape index (κ1) is 14.1. The van der Waals surface area contributed by atoms with Gasteiger partial charge in [-0.05, 0) is 44.4 Å². The number of rotatable bonds is 4. The normalized spacial score (nSPS) is 29.1. The van der Waals surface area contributed by atoms with E-state index in [1.807, 2.05) is 0 Å². The Morgan fingerprint density at radius 3 is 2.30 bits per heavy atom. The van der Waals surface area contributed by atoms with Crippen molar-refractivity contribution in [2.45, 2.75) is 50.6 Å². The van der Waals surface area contributed by atoms with Gasteiger partial charge < -0.3 is 20.3 Å². The van der Waals surface area contributed by atoms with Crippen LogP contribution in [0.15, 0.2) is 0 Å². The lowest BCUT2D eigenvalue weighted by molar-refractivity contribution is 0.147. The van der Waals surface area contributed by atoms with Crippen molar-refractivity contribution in [3.05, 3.63) is 0 Å². The lowest BCUT2D eigenvalue weighted by Gasteiger charge is -2.34. The fraction of sp³-hybridized carbons (Fsp3) is 0.933. The number of piperidine rings is 1. The molecule has 1 atom stereocenters. The Bertz CT molecular complexity index is 319. The van der Waals surface area contributed by atoms with Crippen LogP contribution in [-0.2, 0) is 4.74 Å². The van der Waals surface area contributed by atoms with Crippen LogP contribution in [0.4, 0.5) is 4.79 Å². The number of carbonyl (C=O) groups excluding carboxylic acids is 1. The average molecular weight is 281 g/mol. The van der Waals surface area contributed by atoms with E-state index < -0.39 is 0 Å². The molecule has 0 radical (unpaired) electrons. The fourth-order valence-corrected chi connectivity index (χ4v) is 3.32. The smallest absolute Gasteiger partial charge is 0.315 e. The lowest BCUT2D eigenvalue weighted by atomic mass is 9.93. The van der Waals surface area contributed by atoms with Gasteiger partial charge in [0.05, 0.1) is 6.61 Å². The van der Waals surface area contributed by atoms with Gasteiger partial charge in [-0.25, -0.2) is 4.79 Å². The summed E-state index contributed by atoms with van der Waals surface area (Å²) in [6.45, 7) is 5.24. The van der Waals surface area contributed by atoms with Gasteiger partial charge in [-0.1, -0.05) is 0 Å². The highest BCUT2D eigenvalue weighted by atomic mass is 16.5. The zero-order valence-corrected chi connectivity index (χ0v) is 12.3. The van der Waals surface area contributed by atoms with E-state index in [2.05, 4.69) is 15.5 Å². The minimum Gasteiger partial charge on any atom is -0.381 e. The van der Waals surface area contributed by atoms with Crippen molar-refractivity contribution >= 4 is 6.03 Å². The Labute approximate surface area is 121 Å². The summed E-state index contributed by atoms with van der Waals surface area (Å²) in [6, 6.07) is 0.820. The van der Waals surface area contributed by atoms with Crippen LogP contribution in [0, 0.1) is 5.92 Å². The number of carbonyl (C=O) groups is 1. The molecule has 2 N–H and O–H groups in total. The molecule has 1 aliphatic carbocycles. The molecular weight excluding hydrogens is 254 g/mol. The third-order valence-corrected chi connectivity index (χ3v) is 4.90. The molecule has 2 heterocycles. The van der Waals surface area contributed by atoms with Gasteiger partial charge in [0.2, 0.25) is 0 Å². The van der Waals surface area contributed by atoms with E-state index >= 15 is 0 Å². The molecule has 0 bridgehead atoms. The summed E-state index contributed by atoms with van der Waals surface area (Å²) in [6.07, 6.45) is 6.91. The Morgan fingerprint density at radius 1 is 1.05 bits per heavy atom. The monoisotopic (exact) mass is 281 g/mol. The maximum atomic E-state index is 11.8. The molecule has 2 saturated heterocycles. The van der Waals surface area contributed by atoms with Gasteiger partial charge >= 0.3 is 6.03 Å². The van der Waals surface area contributed by atoms with Crippen LogP contribution in [0.1, 0.15) is 38.5 Å². The molecule has 0 aromatic heterocycles. The molecular formula is C15H27N3O2. The molecule has 3 fully saturated rings. The average Bonchev–Trinajstić information content (AvgIpc) is 2.89. The maximum absolute atomic E-state index is 11.8. The Kier molecular flexibility index (Phi) is 4.78. The second kappa shape index (κ2) is 6.76. The summed E-state index contributed by atoms with van der Waals surface area (Å²) in [5.41, 5.74) is 0. The van der Waals surface area contributed by atoms with Crippen LogP contribution in [0.25, 0.3) is 0 Å². The summed E-state index contributed by atoms with van der Waals surface area (Å²) in [5, 5.41) is 6.18. The SMILES string of the molecule is O=C(NC1CCC1)NC1CCN(C[C@@H]2CCOC2)CC1. The largest absolute Gasteiger partial charge is 0.381 e. The summed E-state index contributed by atoms with van der Waals surface area (Å²) in [7, 11) is 0. The number of hydrogen-bond donors (Lipinski definition) is 2. The minimum atomic E-state index is 0.0392. The van der Waals surface area contributed by atoms with E-state index in [0.29, 0.717) is 12.1 Å². The molecule has 0 unspecified atom stereocenters. The van der Waals surface area contributed by atoms with Gasteiger partial charge in [0.1, 0.15) is 0 Å². The number of likely N-dealkylation sites (tertiary alicyclic amines) is 1. The van der Waals surface area contributed by atoms with E-state index in [9.17, 15) is 4.79 Å². The highest BCUT2D eigenvalue weighted by molar-refractivity contribution is 5.74. The zero-order chi connectivity index (χ0) is 13.8. The summed E-state index contributed by atoms with van der Waals surface area (Å²) in [4.78, 5) is 14.4. The molecule has 0 aromatic rings. The zero-order valence-electron chi connectivity index (χ0n) is 12.3. The van der Waals surface area contributed by atoms with E-state index in [1.165, 1.54) is 19.4 Å². The summed E-state index contributed by atoms with van der Waals surface area (Å²) < 4.78 is 5.43. The third kappa shape index (κ3) is 3.85. The highest BCUT2D eigenvalue weighted by Crippen LogP contribution is 2.19. The number of amides is 2. The third-order valence-electron chi connectivity index (χ3n) is 4.90. The molecule has 2 aliphatic heterocycles. The van der Waals surface area contributed by atoms with Gasteiger partial charge in [0.15, 0.2) is 0 Å². The maximum Gasteiger partial charge on any atom is 0.315 e.